The first-order valence-corrected chi connectivity index (χ1v) is 5.07. The number of nitrogens with two attached hydrogens (primary N) is 1. The highest BCUT2D eigenvalue weighted by atomic mass is 19.2. The molecule has 0 saturated heterocycles. The van der Waals surface area contributed by atoms with Crippen LogP contribution >= 0.6 is 0 Å². The predicted octanol–water partition coefficient (Wildman–Crippen LogP) is 2.12. The molecule has 0 saturated carbocycles. The molecule has 0 aromatic heterocycles. The normalized spacial score (nSPS) is 14.6. The molecule has 90 valence electrons. The van der Waals surface area contributed by atoms with Crippen LogP contribution in [0.5, 0.6) is 0 Å². The van der Waals surface area contributed by atoms with Gasteiger partial charge in [0.25, 0.3) is 0 Å². The summed E-state index contributed by atoms with van der Waals surface area (Å²) in [7, 11) is 0. The van der Waals surface area contributed by atoms with Gasteiger partial charge in [-0.15, -0.1) is 0 Å². The zero-order chi connectivity index (χ0) is 12.3. The zero-order valence-corrected chi connectivity index (χ0v) is 9.35. The Morgan fingerprint density at radius 1 is 1.44 bits per heavy atom. The Labute approximate surface area is 93.3 Å². The van der Waals surface area contributed by atoms with Crippen molar-refractivity contribution in [1.29, 1.82) is 0 Å². The van der Waals surface area contributed by atoms with Gasteiger partial charge in [0.05, 0.1) is 17.0 Å². The van der Waals surface area contributed by atoms with E-state index in [4.69, 9.17) is 5.73 Å². The van der Waals surface area contributed by atoms with E-state index >= 15 is 0 Å². The van der Waals surface area contributed by atoms with Gasteiger partial charge in [-0.25, -0.2) is 8.78 Å². The highest BCUT2D eigenvalue weighted by Gasteiger charge is 2.19. The first kappa shape index (κ1) is 12.7. The molecule has 0 bridgehead atoms. The summed E-state index contributed by atoms with van der Waals surface area (Å²) in [4.78, 5) is 0. The Morgan fingerprint density at radius 2 is 2.06 bits per heavy atom. The topological polar surface area (TPSA) is 58.3 Å². The number of nitrogens with one attached hydrogen (secondary N) is 1. The molecule has 0 amide bonds. The van der Waals surface area contributed by atoms with E-state index < -0.39 is 17.2 Å². The summed E-state index contributed by atoms with van der Waals surface area (Å²) in [5, 5.41) is 12.3. The molecule has 0 heterocycles. The number of nitrogen functional groups attached to an aromatic ring is 1. The van der Waals surface area contributed by atoms with E-state index in [1.165, 1.54) is 6.07 Å². The van der Waals surface area contributed by atoms with Crippen LogP contribution in [0.4, 0.5) is 20.2 Å². The second-order valence-electron chi connectivity index (χ2n) is 4.03. The van der Waals surface area contributed by atoms with Crippen molar-refractivity contribution in [3.05, 3.63) is 23.8 Å². The third-order valence-corrected chi connectivity index (χ3v) is 2.53. The monoisotopic (exact) mass is 230 g/mol. The molecule has 16 heavy (non-hydrogen) atoms. The molecule has 1 rings (SSSR count). The quantitative estimate of drug-likeness (QED) is 0.694. The van der Waals surface area contributed by atoms with Gasteiger partial charge in [-0.05, 0) is 25.5 Å². The average molecular weight is 230 g/mol. The summed E-state index contributed by atoms with van der Waals surface area (Å²) < 4.78 is 26.3. The van der Waals surface area contributed by atoms with Crippen molar-refractivity contribution in [2.75, 3.05) is 17.6 Å². The van der Waals surface area contributed by atoms with Crippen molar-refractivity contribution in [2.45, 2.75) is 25.9 Å². The number of benzene rings is 1. The largest absolute Gasteiger partial charge is 0.397 e. The van der Waals surface area contributed by atoms with E-state index in [9.17, 15) is 13.9 Å². The van der Waals surface area contributed by atoms with Gasteiger partial charge in [-0.1, -0.05) is 6.92 Å². The second-order valence-corrected chi connectivity index (χ2v) is 4.03. The lowest BCUT2D eigenvalue weighted by atomic mass is 10.0. The van der Waals surface area contributed by atoms with E-state index in [1.807, 2.05) is 0 Å². The maximum Gasteiger partial charge on any atom is 0.183 e. The first-order valence-electron chi connectivity index (χ1n) is 5.07. The zero-order valence-electron chi connectivity index (χ0n) is 9.35. The number of anilines is 2. The Bertz CT molecular complexity index is 380. The van der Waals surface area contributed by atoms with Gasteiger partial charge in [-0.2, -0.15) is 0 Å². The minimum atomic E-state index is -1.02. The smallest absolute Gasteiger partial charge is 0.183 e. The van der Waals surface area contributed by atoms with E-state index in [2.05, 4.69) is 5.32 Å². The molecule has 0 radical (unpaired) electrons. The van der Waals surface area contributed by atoms with E-state index in [0.717, 1.165) is 6.07 Å². The van der Waals surface area contributed by atoms with Gasteiger partial charge < -0.3 is 16.2 Å². The maximum absolute atomic E-state index is 13.3. The van der Waals surface area contributed by atoms with Gasteiger partial charge in [0, 0.05) is 6.54 Å². The third-order valence-electron chi connectivity index (χ3n) is 2.53. The van der Waals surface area contributed by atoms with Crippen molar-refractivity contribution in [3.63, 3.8) is 0 Å². The Morgan fingerprint density at radius 3 is 2.62 bits per heavy atom. The van der Waals surface area contributed by atoms with Crippen molar-refractivity contribution >= 4 is 11.4 Å². The molecule has 0 spiro atoms. The van der Waals surface area contributed by atoms with Crippen LogP contribution in [0.1, 0.15) is 20.3 Å². The van der Waals surface area contributed by atoms with Crippen LogP contribution in [-0.4, -0.2) is 17.3 Å². The molecular formula is C11H16F2N2O. The third kappa shape index (κ3) is 2.82. The van der Waals surface area contributed by atoms with Gasteiger partial charge in [0.1, 0.15) is 0 Å². The lowest BCUT2D eigenvalue weighted by Gasteiger charge is -2.23. The highest BCUT2D eigenvalue weighted by molar-refractivity contribution is 5.66. The fourth-order valence-electron chi connectivity index (χ4n) is 1.15. The first-order chi connectivity index (χ1) is 7.37. The minimum absolute atomic E-state index is 0.103. The van der Waals surface area contributed by atoms with Gasteiger partial charge in [-0.3, -0.25) is 0 Å². The number of hydrogen-bond acceptors (Lipinski definition) is 3. The summed E-state index contributed by atoms with van der Waals surface area (Å²) in [6.45, 7) is 3.51. The molecule has 3 nitrogen and oxygen atoms in total. The Kier molecular flexibility index (Phi) is 3.70. The van der Waals surface area contributed by atoms with Crippen molar-refractivity contribution < 1.29 is 13.9 Å². The molecule has 1 aromatic carbocycles. The van der Waals surface area contributed by atoms with E-state index in [-0.39, 0.29) is 17.9 Å². The molecule has 4 N–H and O–H groups in total. The molecule has 0 aliphatic heterocycles. The van der Waals surface area contributed by atoms with Crippen LogP contribution in [-0.2, 0) is 0 Å². The molecule has 1 unspecified atom stereocenters. The van der Waals surface area contributed by atoms with Crippen molar-refractivity contribution in [3.8, 4) is 0 Å². The molecular weight excluding hydrogens is 214 g/mol. The average Bonchev–Trinajstić information content (AvgIpc) is 2.24. The fourth-order valence-corrected chi connectivity index (χ4v) is 1.15. The van der Waals surface area contributed by atoms with Crippen LogP contribution < -0.4 is 11.1 Å². The number of hydrogen-bond donors (Lipinski definition) is 3. The second kappa shape index (κ2) is 4.65. The van der Waals surface area contributed by atoms with Crippen LogP contribution in [0, 0.1) is 11.6 Å². The lowest BCUT2D eigenvalue weighted by Crippen LogP contribution is -2.32. The SMILES string of the molecule is CCC(C)(O)CNc1c(N)ccc(F)c1F. The molecule has 5 heteroatoms. The molecule has 1 atom stereocenters. The predicted molar refractivity (Wildman–Crippen MR) is 60.2 cm³/mol. The Hall–Kier alpha value is -1.36. The summed E-state index contributed by atoms with van der Waals surface area (Å²) in [6.07, 6.45) is 0.497. The minimum Gasteiger partial charge on any atom is -0.397 e. The van der Waals surface area contributed by atoms with Crippen LogP contribution in [0.3, 0.4) is 0 Å². The highest BCUT2D eigenvalue weighted by Crippen LogP contribution is 2.25. The lowest BCUT2D eigenvalue weighted by molar-refractivity contribution is 0.0697. The van der Waals surface area contributed by atoms with Crippen LogP contribution in [0.15, 0.2) is 12.1 Å². The summed E-state index contributed by atoms with van der Waals surface area (Å²) in [5.74, 6) is -1.99. The summed E-state index contributed by atoms with van der Waals surface area (Å²) in [6, 6.07) is 2.25. The fraction of sp³-hybridized carbons (Fsp3) is 0.455. The number of aliphatic hydroxyl groups is 1. The molecule has 0 aliphatic carbocycles. The Balaban J connectivity index is 2.86. The van der Waals surface area contributed by atoms with Crippen molar-refractivity contribution in [2.24, 2.45) is 0 Å². The van der Waals surface area contributed by atoms with Gasteiger partial charge >= 0.3 is 0 Å². The van der Waals surface area contributed by atoms with Crippen LogP contribution in [0.25, 0.3) is 0 Å². The van der Waals surface area contributed by atoms with E-state index in [0.29, 0.717) is 6.42 Å². The maximum atomic E-state index is 13.3. The summed E-state index contributed by atoms with van der Waals surface area (Å²) >= 11 is 0. The molecule has 1 aromatic rings. The van der Waals surface area contributed by atoms with Crippen LogP contribution in [0.2, 0.25) is 0 Å². The molecule has 0 fully saturated rings. The van der Waals surface area contributed by atoms with E-state index in [1.54, 1.807) is 13.8 Å². The standard InChI is InChI=1S/C11H16F2N2O/c1-3-11(2,16)6-15-10-8(14)5-4-7(12)9(10)13/h4-5,15-16H,3,6,14H2,1-2H3. The number of rotatable bonds is 4. The number of halogens is 2. The van der Waals surface area contributed by atoms with Gasteiger partial charge in [0.2, 0.25) is 0 Å². The summed E-state index contributed by atoms with van der Waals surface area (Å²) in [5.41, 5.74) is 4.54. The van der Waals surface area contributed by atoms with Gasteiger partial charge in [0.15, 0.2) is 11.6 Å². The molecule has 0 aliphatic rings. The van der Waals surface area contributed by atoms with Crippen molar-refractivity contribution in [1.82, 2.24) is 0 Å².